The van der Waals surface area contributed by atoms with Crippen LogP contribution in [0.4, 0.5) is 0 Å². The summed E-state index contributed by atoms with van der Waals surface area (Å²) in [6, 6.07) is -0.344. The molecule has 1 unspecified atom stereocenters. The molecule has 96 valence electrons. The molecule has 1 rings (SSSR count). The van der Waals surface area contributed by atoms with Gasteiger partial charge in [0.2, 0.25) is 5.91 Å². The maximum Gasteiger partial charge on any atom is 0.239 e. The average molecular weight is 251 g/mol. The highest BCUT2D eigenvalue weighted by Crippen LogP contribution is 2.17. The third-order valence-electron chi connectivity index (χ3n) is 2.65. The van der Waals surface area contributed by atoms with Crippen LogP contribution in [0.5, 0.6) is 0 Å². The lowest BCUT2D eigenvalue weighted by molar-refractivity contribution is -0.147. The summed E-state index contributed by atoms with van der Waals surface area (Å²) in [6.45, 7) is 7.95. The van der Waals surface area contributed by atoms with E-state index < -0.39 is 0 Å². The molecule has 1 atom stereocenters. The van der Waals surface area contributed by atoms with E-state index in [2.05, 4.69) is 0 Å². The minimum Gasteiger partial charge on any atom is -0.372 e. The van der Waals surface area contributed by atoms with Gasteiger partial charge >= 0.3 is 0 Å². The van der Waals surface area contributed by atoms with Gasteiger partial charge in [-0.3, -0.25) is 4.79 Å². The third kappa shape index (κ3) is 4.28. The van der Waals surface area contributed by atoms with Crippen molar-refractivity contribution in [2.24, 2.45) is 5.73 Å². The van der Waals surface area contributed by atoms with Gasteiger partial charge in [-0.1, -0.05) is 13.3 Å². The summed E-state index contributed by atoms with van der Waals surface area (Å²) in [4.78, 5) is 13.7. The molecule has 0 spiro atoms. The van der Waals surface area contributed by atoms with Gasteiger partial charge in [0.25, 0.3) is 0 Å². The van der Waals surface area contributed by atoms with Gasteiger partial charge in [-0.05, 0) is 20.3 Å². The van der Waals surface area contributed by atoms with Crippen LogP contribution < -0.4 is 5.73 Å². The topological polar surface area (TPSA) is 55.6 Å². The number of morpholine rings is 1. The monoisotopic (exact) mass is 250 g/mol. The van der Waals surface area contributed by atoms with Gasteiger partial charge in [-0.25, -0.2) is 0 Å². The molecule has 0 radical (unpaired) electrons. The molecule has 1 fully saturated rings. The van der Waals surface area contributed by atoms with E-state index in [1.807, 2.05) is 25.7 Å². The van der Waals surface area contributed by atoms with Gasteiger partial charge in [0, 0.05) is 13.1 Å². The molecule has 0 aromatic heterocycles. The van der Waals surface area contributed by atoms with Gasteiger partial charge in [0.15, 0.2) is 0 Å². The molecule has 1 heterocycles. The van der Waals surface area contributed by atoms with Crippen LogP contribution in [0.15, 0.2) is 0 Å². The summed E-state index contributed by atoms with van der Waals surface area (Å²) in [6.07, 6.45) is 1.71. The van der Waals surface area contributed by atoms with E-state index in [0.717, 1.165) is 12.8 Å². The predicted molar refractivity (Wildman–Crippen MR) is 66.7 cm³/mol. The Labute approximate surface area is 104 Å². The second kappa shape index (κ2) is 6.42. The van der Waals surface area contributed by atoms with Crippen LogP contribution in [-0.4, -0.2) is 42.1 Å². The molecule has 0 bridgehead atoms. The number of halogens is 1. The number of nitrogens with zero attached hydrogens (tertiary/aromatic N) is 1. The van der Waals surface area contributed by atoms with Crippen molar-refractivity contribution in [3.63, 3.8) is 0 Å². The summed E-state index contributed by atoms with van der Waals surface area (Å²) in [5.41, 5.74) is 5.58. The van der Waals surface area contributed by atoms with Crippen molar-refractivity contribution in [1.29, 1.82) is 0 Å². The molecule has 0 saturated carbocycles. The predicted octanol–water partition coefficient (Wildman–Crippen LogP) is 1.17. The maximum atomic E-state index is 11.9. The molecule has 1 amide bonds. The number of amides is 1. The molecule has 0 aromatic rings. The quantitative estimate of drug-likeness (QED) is 0.818. The molecule has 0 aromatic carbocycles. The van der Waals surface area contributed by atoms with Crippen molar-refractivity contribution in [1.82, 2.24) is 4.90 Å². The molecular formula is C11H23ClN2O2. The molecule has 0 aliphatic carbocycles. The van der Waals surface area contributed by atoms with Gasteiger partial charge in [-0.2, -0.15) is 0 Å². The normalized spacial score (nSPS) is 21.1. The fourth-order valence-electron chi connectivity index (χ4n) is 1.87. The lowest BCUT2D eigenvalue weighted by Crippen LogP contribution is -2.54. The summed E-state index contributed by atoms with van der Waals surface area (Å²) in [7, 11) is 0. The molecule has 1 saturated heterocycles. The maximum absolute atomic E-state index is 11.9. The Morgan fingerprint density at radius 2 is 2.19 bits per heavy atom. The molecule has 1 aliphatic rings. The number of nitrogens with two attached hydrogens (primary N) is 1. The summed E-state index contributed by atoms with van der Waals surface area (Å²) in [5.74, 6) is 0.0632. The molecule has 1 aliphatic heterocycles. The smallest absolute Gasteiger partial charge is 0.239 e. The van der Waals surface area contributed by atoms with Crippen LogP contribution in [-0.2, 0) is 9.53 Å². The van der Waals surface area contributed by atoms with Crippen LogP contribution >= 0.6 is 12.4 Å². The second-order valence-corrected chi connectivity index (χ2v) is 4.76. The Hall–Kier alpha value is -0.320. The largest absolute Gasteiger partial charge is 0.372 e. The van der Waals surface area contributed by atoms with Crippen molar-refractivity contribution < 1.29 is 9.53 Å². The number of rotatable bonds is 3. The van der Waals surface area contributed by atoms with Gasteiger partial charge in [-0.15, -0.1) is 12.4 Å². The van der Waals surface area contributed by atoms with Crippen molar-refractivity contribution in [2.75, 3.05) is 19.7 Å². The van der Waals surface area contributed by atoms with E-state index in [0.29, 0.717) is 19.7 Å². The first kappa shape index (κ1) is 15.7. The van der Waals surface area contributed by atoms with Crippen molar-refractivity contribution in [3.8, 4) is 0 Å². The Morgan fingerprint density at radius 3 is 2.69 bits per heavy atom. The van der Waals surface area contributed by atoms with Crippen LogP contribution in [0.1, 0.15) is 33.6 Å². The lowest BCUT2D eigenvalue weighted by atomic mass is 10.1. The average Bonchev–Trinajstić information content (AvgIpc) is 2.15. The first-order chi connectivity index (χ1) is 6.96. The van der Waals surface area contributed by atoms with Gasteiger partial charge in [0.05, 0.1) is 18.2 Å². The van der Waals surface area contributed by atoms with E-state index in [1.54, 1.807) is 0 Å². The first-order valence-electron chi connectivity index (χ1n) is 5.64. The minimum absolute atomic E-state index is 0. The van der Waals surface area contributed by atoms with Crippen molar-refractivity contribution in [2.45, 2.75) is 45.3 Å². The molecular weight excluding hydrogens is 228 g/mol. The molecule has 2 N–H and O–H groups in total. The van der Waals surface area contributed by atoms with Crippen LogP contribution in [0.25, 0.3) is 0 Å². The highest BCUT2D eigenvalue weighted by atomic mass is 35.5. The summed E-state index contributed by atoms with van der Waals surface area (Å²) >= 11 is 0. The summed E-state index contributed by atoms with van der Waals surface area (Å²) < 4.78 is 5.55. The Balaban J connectivity index is 0.00000225. The fraction of sp³-hybridized carbons (Fsp3) is 0.909. The Kier molecular flexibility index (Phi) is 6.30. The molecule has 4 nitrogen and oxygen atoms in total. The summed E-state index contributed by atoms with van der Waals surface area (Å²) in [5, 5.41) is 0. The molecule has 5 heteroatoms. The van der Waals surface area contributed by atoms with E-state index >= 15 is 0 Å². The second-order valence-electron chi connectivity index (χ2n) is 4.76. The van der Waals surface area contributed by atoms with Crippen LogP contribution in [0.3, 0.4) is 0 Å². The fourth-order valence-corrected chi connectivity index (χ4v) is 1.87. The number of ether oxygens (including phenoxy) is 1. The van der Waals surface area contributed by atoms with Gasteiger partial charge in [0.1, 0.15) is 0 Å². The SMILES string of the molecule is CCCC(N)C(=O)N1CCOC(C)(C)C1.Cl. The zero-order valence-corrected chi connectivity index (χ0v) is 11.2. The van der Waals surface area contributed by atoms with E-state index in [4.69, 9.17) is 10.5 Å². The lowest BCUT2D eigenvalue weighted by Gasteiger charge is -2.39. The number of hydrogen-bond acceptors (Lipinski definition) is 3. The number of carbonyl (C=O) groups is 1. The number of carbonyl (C=O) groups excluding carboxylic acids is 1. The van der Waals surface area contributed by atoms with Crippen LogP contribution in [0, 0.1) is 0 Å². The Bertz CT molecular complexity index is 234. The number of hydrogen-bond donors (Lipinski definition) is 1. The first-order valence-corrected chi connectivity index (χ1v) is 5.64. The minimum atomic E-state index is -0.344. The molecule has 16 heavy (non-hydrogen) atoms. The van der Waals surface area contributed by atoms with E-state index in [1.165, 1.54) is 0 Å². The zero-order valence-electron chi connectivity index (χ0n) is 10.4. The van der Waals surface area contributed by atoms with Crippen molar-refractivity contribution >= 4 is 18.3 Å². The Morgan fingerprint density at radius 1 is 1.56 bits per heavy atom. The van der Waals surface area contributed by atoms with Gasteiger partial charge < -0.3 is 15.4 Å². The highest BCUT2D eigenvalue weighted by Gasteiger charge is 2.31. The highest BCUT2D eigenvalue weighted by molar-refractivity contribution is 5.85. The zero-order chi connectivity index (χ0) is 11.5. The van der Waals surface area contributed by atoms with Crippen LogP contribution in [0.2, 0.25) is 0 Å². The third-order valence-corrected chi connectivity index (χ3v) is 2.65. The van der Waals surface area contributed by atoms with Crippen molar-refractivity contribution in [3.05, 3.63) is 0 Å². The standard InChI is InChI=1S/C11H22N2O2.ClH/c1-4-5-9(12)10(14)13-6-7-15-11(2,3)8-13;/h9H,4-8,12H2,1-3H3;1H. The van der Waals surface area contributed by atoms with E-state index in [-0.39, 0.29) is 30.0 Å². The van der Waals surface area contributed by atoms with E-state index in [9.17, 15) is 4.79 Å².